The van der Waals surface area contributed by atoms with Crippen molar-refractivity contribution in [3.05, 3.63) is 0 Å². The molecule has 2 atom stereocenters. The Morgan fingerprint density at radius 2 is 0.762 bits per heavy atom. The lowest BCUT2D eigenvalue weighted by atomic mass is 9.88. The lowest BCUT2D eigenvalue weighted by molar-refractivity contribution is -0.124. The van der Waals surface area contributed by atoms with E-state index in [0.717, 1.165) is 31.6 Å². The van der Waals surface area contributed by atoms with E-state index in [1.165, 1.54) is 276 Å². The van der Waals surface area contributed by atoms with Crippen molar-refractivity contribution < 1.29 is 14.7 Å². The molecule has 5 heteroatoms. The Hall–Kier alpha value is -0.940. The highest BCUT2D eigenvalue weighted by atomic mass is 16.3. The Bertz CT molecular complexity index is 881. The minimum atomic E-state index is -0.250. The number of carbonyl (C=O) groups excluding carboxylic acids is 1. The molecule has 0 radical (unpaired) electrons. The maximum Gasteiger partial charge on any atom is 0.290 e. The first-order valence-corrected chi connectivity index (χ1v) is 29.1. The highest BCUT2D eigenvalue weighted by molar-refractivity contribution is 5.80. The largest absolute Gasteiger partial charge is 0.483 e. The van der Waals surface area contributed by atoms with Crippen molar-refractivity contribution in [1.82, 2.24) is 10.2 Å². The molecular formula is C58H116N2O3. The highest BCUT2D eigenvalue weighted by Crippen LogP contribution is 2.26. The number of nitrogens with one attached hydrogen (secondary N) is 1. The Labute approximate surface area is 396 Å². The summed E-state index contributed by atoms with van der Waals surface area (Å²) in [6.07, 6.45) is 60.0. The van der Waals surface area contributed by atoms with Gasteiger partial charge in [0.1, 0.15) is 5.78 Å². The van der Waals surface area contributed by atoms with E-state index in [-0.39, 0.29) is 6.47 Å². The third kappa shape index (κ3) is 42.2. The molecule has 0 spiro atoms. The summed E-state index contributed by atoms with van der Waals surface area (Å²) in [5, 5.41) is 11.0. The molecule has 1 rings (SSSR count). The van der Waals surface area contributed by atoms with Crippen molar-refractivity contribution in [3.63, 3.8) is 0 Å². The van der Waals surface area contributed by atoms with Gasteiger partial charge in [-0.15, -0.1) is 0 Å². The molecule has 0 aromatic heterocycles. The second kappa shape index (κ2) is 50.5. The monoisotopic (exact) mass is 889 g/mol. The Morgan fingerprint density at radius 3 is 1.11 bits per heavy atom. The quantitative estimate of drug-likeness (QED) is 0.0470. The minimum Gasteiger partial charge on any atom is -0.483 e. The lowest BCUT2D eigenvalue weighted by Gasteiger charge is -2.39. The van der Waals surface area contributed by atoms with Gasteiger partial charge >= 0.3 is 0 Å². The average Bonchev–Trinajstić information content (AvgIpc) is 3.28. The smallest absolute Gasteiger partial charge is 0.290 e. The van der Waals surface area contributed by atoms with Gasteiger partial charge in [-0.05, 0) is 51.0 Å². The molecule has 1 aliphatic rings. The van der Waals surface area contributed by atoms with Gasteiger partial charge in [-0.1, -0.05) is 272 Å². The van der Waals surface area contributed by atoms with E-state index in [1.807, 2.05) is 0 Å². The molecule has 0 amide bonds. The summed E-state index contributed by atoms with van der Waals surface area (Å²) < 4.78 is 0. The van der Waals surface area contributed by atoms with E-state index < -0.39 is 0 Å². The van der Waals surface area contributed by atoms with Crippen LogP contribution in [0, 0.1) is 11.8 Å². The van der Waals surface area contributed by atoms with Crippen LogP contribution in [0.25, 0.3) is 0 Å². The summed E-state index contributed by atoms with van der Waals surface area (Å²) in [7, 11) is 0. The number of piperazine rings is 1. The molecule has 2 N–H and O–H groups in total. The second-order valence-corrected chi connectivity index (χ2v) is 20.7. The molecule has 0 bridgehead atoms. The van der Waals surface area contributed by atoms with Crippen molar-refractivity contribution in [2.24, 2.45) is 11.8 Å². The fraction of sp³-hybridized carbons (Fsp3) is 0.966. The van der Waals surface area contributed by atoms with Gasteiger partial charge in [0.15, 0.2) is 0 Å². The third-order valence-corrected chi connectivity index (χ3v) is 14.6. The number of Topliss-reactive ketones (excluding diaryl/α,β-unsaturated/α-hetero) is 1. The molecule has 1 fully saturated rings. The normalized spacial score (nSPS) is 15.6. The van der Waals surface area contributed by atoms with Crippen molar-refractivity contribution in [2.45, 2.75) is 329 Å². The zero-order chi connectivity index (χ0) is 46.1. The summed E-state index contributed by atoms with van der Waals surface area (Å²) >= 11 is 0. The summed E-state index contributed by atoms with van der Waals surface area (Å²) in [5.41, 5.74) is 0. The SMILES string of the molecule is CCCCCCCCC(CCCCCCCC)CCCCCCCC1CN(CCC)CC(CCCCCCCCC(=O)C(CCCCCCCC)CCCCCCCC)N1.O=CO. The van der Waals surface area contributed by atoms with E-state index in [0.29, 0.717) is 23.8 Å². The first-order valence-electron chi connectivity index (χ1n) is 29.1. The Morgan fingerprint density at radius 1 is 0.460 bits per heavy atom. The molecule has 376 valence electrons. The van der Waals surface area contributed by atoms with E-state index in [9.17, 15) is 4.79 Å². The zero-order valence-corrected chi connectivity index (χ0v) is 43.8. The summed E-state index contributed by atoms with van der Waals surface area (Å²) in [6.45, 7) is 15.2. The average molecular weight is 890 g/mol. The van der Waals surface area contributed by atoms with Crippen LogP contribution in [0.4, 0.5) is 0 Å². The van der Waals surface area contributed by atoms with Crippen molar-refractivity contribution in [1.29, 1.82) is 0 Å². The first-order chi connectivity index (χ1) is 31.0. The van der Waals surface area contributed by atoms with Gasteiger partial charge < -0.3 is 15.3 Å². The van der Waals surface area contributed by atoms with Crippen molar-refractivity contribution in [2.75, 3.05) is 19.6 Å². The molecule has 63 heavy (non-hydrogen) atoms. The molecule has 1 heterocycles. The van der Waals surface area contributed by atoms with Crippen LogP contribution in [0.15, 0.2) is 0 Å². The number of nitrogens with zero attached hydrogens (tertiary/aromatic N) is 1. The predicted octanol–water partition coefficient (Wildman–Crippen LogP) is 18.4. The molecule has 1 aliphatic heterocycles. The molecule has 0 aromatic rings. The fourth-order valence-electron chi connectivity index (χ4n) is 10.6. The van der Waals surface area contributed by atoms with Gasteiger partial charge in [0.05, 0.1) is 0 Å². The molecule has 0 aromatic carbocycles. The first kappa shape index (κ1) is 62.1. The van der Waals surface area contributed by atoms with E-state index in [2.05, 4.69) is 44.8 Å². The van der Waals surface area contributed by atoms with Gasteiger partial charge in [-0.2, -0.15) is 0 Å². The maximum absolute atomic E-state index is 13.3. The summed E-state index contributed by atoms with van der Waals surface area (Å²) in [6, 6.07) is 1.37. The summed E-state index contributed by atoms with van der Waals surface area (Å²) in [5.74, 6) is 1.96. The molecule has 1 saturated heterocycles. The van der Waals surface area contributed by atoms with Gasteiger partial charge in [0.2, 0.25) is 0 Å². The zero-order valence-electron chi connectivity index (χ0n) is 43.8. The number of carboxylic acid groups (broad SMARTS) is 1. The lowest BCUT2D eigenvalue weighted by Crippen LogP contribution is -2.56. The highest BCUT2D eigenvalue weighted by Gasteiger charge is 2.25. The van der Waals surface area contributed by atoms with E-state index in [4.69, 9.17) is 9.90 Å². The van der Waals surface area contributed by atoms with Crippen molar-refractivity contribution in [3.8, 4) is 0 Å². The Kier molecular flexibility index (Phi) is 49.7. The number of rotatable bonds is 48. The van der Waals surface area contributed by atoms with Crippen LogP contribution in [0.1, 0.15) is 317 Å². The van der Waals surface area contributed by atoms with Crippen LogP contribution in [-0.4, -0.2) is 54.0 Å². The van der Waals surface area contributed by atoms with E-state index >= 15 is 0 Å². The van der Waals surface area contributed by atoms with Crippen molar-refractivity contribution >= 4 is 12.3 Å². The maximum atomic E-state index is 13.3. The van der Waals surface area contributed by atoms with E-state index in [1.54, 1.807) is 0 Å². The summed E-state index contributed by atoms with van der Waals surface area (Å²) in [4.78, 5) is 24.5. The molecular weight excluding hydrogens is 773 g/mol. The van der Waals surface area contributed by atoms with Crippen LogP contribution in [0.3, 0.4) is 0 Å². The van der Waals surface area contributed by atoms with Crippen LogP contribution >= 0.6 is 0 Å². The van der Waals surface area contributed by atoms with Crippen LogP contribution in [-0.2, 0) is 9.59 Å². The molecule has 2 unspecified atom stereocenters. The van der Waals surface area contributed by atoms with Gasteiger partial charge in [0.25, 0.3) is 6.47 Å². The standard InChI is InChI=1S/C57H114N2O.CH2O2/c1-6-11-15-19-26-34-42-53(43-35-27-20-16-12-7-2)44-36-28-25-32-40-48-56-52-59(50-10-5)51-55(58-56)47-39-31-23-24-33-41-49-57(60)54(45-37-29-21-17-13-8-3)46-38-30-22-18-14-9-4;2-1-3/h53-56,58H,6-52H2,1-5H3;1H,(H,2,3). The van der Waals surface area contributed by atoms with Gasteiger partial charge in [-0.25, -0.2) is 0 Å². The van der Waals surface area contributed by atoms with Gasteiger partial charge in [0, 0.05) is 37.5 Å². The number of unbranched alkanes of at least 4 members (excludes halogenated alkanes) is 29. The van der Waals surface area contributed by atoms with Gasteiger partial charge in [-0.3, -0.25) is 9.59 Å². The molecule has 0 saturated carbocycles. The predicted molar refractivity (Wildman–Crippen MR) is 279 cm³/mol. The van der Waals surface area contributed by atoms with Crippen LogP contribution in [0.2, 0.25) is 0 Å². The Balaban J connectivity index is 0.0000124. The topological polar surface area (TPSA) is 69.6 Å². The van der Waals surface area contributed by atoms with Crippen LogP contribution in [0.5, 0.6) is 0 Å². The minimum absolute atomic E-state index is 0.250. The fourth-order valence-corrected chi connectivity index (χ4v) is 10.6. The third-order valence-electron chi connectivity index (χ3n) is 14.6. The molecule has 5 nitrogen and oxygen atoms in total. The van der Waals surface area contributed by atoms with Crippen LogP contribution < -0.4 is 5.32 Å². The number of ketones is 1. The number of carbonyl (C=O) groups is 2. The molecule has 0 aliphatic carbocycles. The number of hydrogen-bond acceptors (Lipinski definition) is 4. The second-order valence-electron chi connectivity index (χ2n) is 20.7. The number of hydrogen-bond donors (Lipinski definition) is 2.